The van der Waals surface area contributed by atoms with Gasteiger partial charge in [0.25, 0.3) is 5.91 Å². The fraction of sp³-hybridized carbons (Fsp3) is 0.583. The molecular formula is C12H15BrClNO2. The number of halogens is 2. The zero-order valence-electron chi connectivity index (χ0n) is 9.49. The van der Waals surface area contributed by atoms with E-state index in [0.29, 0.717) is 28.9 Å². The second-order valence-corrected chi connectivity index (χ2v) is 5.39. The molecule has 5 heteroatoms. The lowest BCUT2D eigenvalue weighted by Crippen LogP contribution is -2.44. The summed E-state index contributed by atoms with van der Waals surface area (Å²) in [5, 5.41) is 0. The van der Waals surface area contributed by atoms with Gasteiger partial charge in [-0.2, -0.15) is 0 Å². The van der Waals surface area contributed by atoms with Crippen molar-refractivity contribution in [2.45, 2.75) is 31.7 Å². The summed E-state index contributed by atoms with van der Waals surface area (Å²) in [6.45, 7) is 0.714. The highest BCUT2D eigenvalue weighted by molar-refractivity contribution is 9.10. The fourth-order valence-corrected chi connectivity index (χ4v) is 2.38. The van der Waals surface area contributed by atoms with Gasteiger partial charge in [-0.25, -0.2) is 0 Å². The van der Waals surface area contributed by atoms with E-state index in [9.17, 15) is 4.79 Å². The Morgan fingerprint density at radius 2 is 2.29 bits per heavy atom. The standard InChI is InChI=1S/C12H15BrClNO2/c13-11-6-5-10(17-11)12(16)15(8-2-7-14)9-3-1-4-9/h5-6,9H,1-4,7-8H2. The first-order valence-corrected chi connectivity index (χ1v) is 7.17. The van der Waals surface area contributed by atoms with Crippen molar-refractivity contribution in [3.8, 4) is 0 Å². The molecule has 3 nitrogen and oxygen atoms in total. The molecular weight excluding hydrogens is 305 g/mol. The Bertz CT molecular complexity index is 390. The number of furan rings is 1. The summed E-state index contributed by atoms with van der Waals surface area (Å²) in [6.07, 6.45) is 4.22. The Labute approximate surface area is 114 Å². The highest BCUT2D eigenvalue weighted by atomic mass is 79.9. The van der Waals surface area contributed by atoms with Crippen LogP contribution < -0.4 is 0 Å². The van der Waals surface area contributed by atoms with Gasteiger partial charge < -0.3 is 9.32 Å². The van der Waals surface area contributed by atoms with Gasteiger partial charge in [-0.3, -0.25) is 4.79 Å². The van der Waals surface area contributed by atoms with E-state index in [0.717, 1.165) is 19.3 Å². The highest BCUT2D eigenvalue weighted by Gasteiger charge is 2.30. The Hall–Kier alpha value is -0.480. The lowest BCUT2D eigenvalue weighted by Gasteiger charge is -2.37. The summed E-state index contributed by atoms with van der Waals surface area (Å²) in [6, 6.07) is 3.82. The number of carbonyl (C=O) groups is 1. The van der Waals surface area contributed by atoms with Crippen LogP contribution in [0.2, 0.25) is 0 Å². The lowest BCUT2D eigenvalue weighted by atomic mass is 9.91. The molecule has 0 saturated heterocycles. The van der Waals surface area contributed by atoms with Gasteiger partial charge in [-0.1, -0.05) is 0 Å². The predicted octanol–water partition coefficient (Wildman–Crippen LogP) is 3.67. The van der Waals surface area contributed by atoms with Gasteiger partial charge in [-0.05, 0) is 53.7 Å². The molecule has 0 bridgehead atoms. The van der Waals surface area contributed by atoms with Gasteiger partial charge in [0.05, 0.1) is 0 Å². The second kappa shape index (κ2) is 5.91. The van der Waals surface area contributed by atoms with Crippen LogP contribution in [0.1, 0.15) is 36.2 Å². The third-order valence-electron chi connectivity index (χ3n) is 3.09. The van der Waals surface area contributed by atoms with E-state index >= 15 is 0 Å². The number of hydrogen-bond acceptors (Lipinski definition) is 2. The van der Waals surface area contributed by atoms with Crippen molar-refractivity contribution in [2.75, 3.05) is 12.4 Å². The molecule has 1 aromatic heterocycles. The zero-order chi connectivity index (χ0) is 12.3. The quantitative estimate of drug-likeness (QED) is 0.776. The summed E-state index contributed by atoms with van der Waals surface area (Å²) >= 11 is 8.91. The summed E-state index contributed by atoms with van der Waals surface area (Å²) in [4.78, 5) is 14.2. The summed E-state index contributed by atoms with van der Waals surface area (Å²) in [5.74, 6) is 0.960. The smallest absolute Gasteiger partial charge is 0.289 e. The molecule has 0 atom stereocenters. The van der Waals surface area contributed by atoms with Crippen molar-refractivity contribution in [1.82, 2.24) is 4.90 Å². The fourth-order valence-electron chi connectivity index (χ4n) is 1.95. The molecule has 1 saturated carbocycles. The average Bonchev–Trinajstić information content (AvgIpc) is 2.67. The van der Waals surface area contributed by atoms with Crippen molar-refractivity contribution in [1.29, 1.82) is 0 Å². The maximum atomic E-state index is 12.3. The summed E-state index contributed by atoms with van der Waals surface area (Å²) in [5.41, 5.74) is 0. The highest BCUT2D eigenvalue weighted by Crippen LogP contribution is 2.27. The third-order valence-corrected chi connectivity index (χ3v) is 3.79. The number of nitrogens with zero attached hydrogens (tertiary/aromatic N) is 1. The number of rotatable bonds is 5. The van der Waals surface area contributed by atoms with Crippen LogP contribution >= 0.6 is 27.5 Å². The van der Waals surface area contributed by atoms with E-state index in [4.69, 9.17) is 16.0 Å². The normalized spacial score (nSPS) is 15.6. The van der Waals surface area contributed by atoms with Crippen LogP contribution in [0.15, 0.2) is 21.2 Å². The molecule has 0 N–H and O–H groups in total. The summed E-state index contributed by atoms with van der Waals surface area (Å²) in [7, 11) is 0. The van der Waals surface area contributed by atoms with Crippen LogP contribution in [0.25, 0.3) is 0 Å². The lowest BCUT2D eigenvalue weighted by molar-refractivity contribution is 0.0547. The van der Waals surface area contributed by atoms with Crippen molar-refractivity contribution in [3.63, 3.8) is 0 Å². The Morgan fingerprint density at radius 3 is 2.76 bits per heavy atom. The van der Waals surface area contributed by atoms with Crippen molar-refractivity contribution in [3.05, 3.63) is 22.6 Å². The van der Waals surface area contributed by atoms with E-state index in [1.54, 1.807) is 12.1 Å². The van der Waals surface area contributed by atoms with E-state index in [1.807, 2.05) is 4.90 Å². The van der Waals surface area contributed by atoms with Crippen molar-refractivity contribution in [2.24, 2.45) is 0 Å². The van der Waals surface area contributed by atoms with Crippen LogP contribution in [0.5, 0.6) is 0 Å². The molecule has 1 heterocycles. The number of hydrogen-bond donors (Lipinski definition) is 0. The average molecular weight is 321 g/mol. The van der Waals surface area contributed by atoms with E-state index in [-0.39, 0.29) is 5.91 Å². The van der Waals surface area contributed by atoms with Crippen molar-refractivity contribution >= 4 is 33.4 Å². The van der Waals surface area contributed by atoms with Crippen LogP contribution in [-0.2, 0) is 0 Å². The van der Waals surface area contributed by atoms with Crippen LogP contribution in [0.3, 0.4) is 0 Å². The van der Waals surface area contributed by atoms with Gasteiger partial charge in [-0.15, -0.1) is 11.6 Å². The number of carbonyl (C=O) groups excluding carboxylic acids is 1. The van der Waals surface area contributed by atoms with Gasteiger partial charge >= 0.3 is 0 Å². The SMILES string of the molecule is O=C(c1ccc(Br)o1)N(CCCCl)C1CCC1. The molecule has 17 heavy (non-hydrogen) atoms. The molecule has 0 radical (unpaired) electrons. The first kappa shape index (κ1) is 13.0. The van der Waals surface area contributed by atoms with Crippen LogP contribution in [0.4, 0.5) is 0 Å². The summed E-state index contributed by atoms with van der Waals surface area (Å²) < 4.78 is 5.91. The first-order chi connectivity index (χ1) is 8.22. The largest absolute Gasteiger partial charge is 0.444 e. The third kappa shape index (κ3) is 3.05. The molecule has 0 unspecified atom stereocenters. The van der Waals surface area contributed by atoms with E-state index in [2.05, 4.69) is 15.9 Å². The van der Waals surface area contributed by atoms with Gasteiger partial charge in [0, 0.05) is 18.5 Å². The van der Waals surface area contributed by atoms with Gasteiger partial charge in [0.1, 0.15) is 0 Å². The topological polar surface area (TPSA) is 33.5 Å². The molecule has 1 aromatic rings. The monoisotopic (exact) mass is 319 g/mol. The van der Waals surface area contributed by atoms with E-state index in [1.165, 1.54) is 6.42 Å². The maximum absolute atomic E-state index is 12.3. The van der Waals surface area contributed by atoms with Crippen molar-refractivity contribution < 1.29 is 9.21 Å². The van der Waals surface area contributed by atoms with Crippen LogP contribution in [0, 0.1) is 0 Å². The number of alkyl halides is 1. The number of amides is 1. The molecule has 2 rings (SSSR count). The molecule has 1 amide bonds. The molecule has 0 aromatic carbocycles. The van der Waals surface area contributed by atoms with E-state index < -0.39 is 0 Å². The minimum atomic E-state index is -0.0227. The maximum Gasteiger partial charge on any atom is 0.289 e. The van der Waals surface area contributed by atoms with Crippen LogP contribution in [-0.4, -0.2) is 29.3 Å². The molecule has 1 aliphatic carbocycles. The molecule has 94 valence electrons. The molecule has 1 aliphatic rings. The van der Waals surface area contributed by atoms with Gasteiger partial charge in [0.2, 0.25) is 0 Å². The predicted molar refractivity (Wildman–Crippen MR) is 70.4 cm³/mol. The minimum absolute atomic E-state index is 0.0227. The Morgan fingerprint density at radius 1 is 1.53 bits per heavy atom. The molecule has 0 aliphatic heterocycles. The minimum Gasteiger partial charge on any atom is -0.444 e. The van der Waals surface area contributed by atoms with Gasteiger partial charge in [0.15, 0.2) is 10.4 Å². The molecule has 0 spiro atoms. The zero-order valence-corrected chi connectivity index (χ0v) is 11.8. The Kier molecular flexibility index (Phi) is 4.51. The first-order valence-electron chi connectivity index (χ1n) is 5.84. The second-order valence-electron chi connectivity index (χ2n) is 4.23. The molecule has 1 fully saturated rings. The Balaban J connectivity index is 2.06.